The summed E-state index contributed by atoms with van der Waals surface area (Å²) in [4.78, 5) is 0. The Labute approximate surface area is 112 Å². The zero-order valence-electron chi connectivity index (χ0n) is 11.0. The third-order valence-corrected chi connectivity index (χ3v) is 3.10. The summed E-state index contributed by atoms with van der Waals surface area (Å²) in [6.45, 7) is 4.13. The fourth-order valence-electron chi connectivity index (χ4n) is 1.91. The first-order chi connectivity index (χ1) is 9.11. The summed E-state index contributed by atoms with van der Waals surface area (Å²) in [5.41, 5.74) is 3.84. The number of hydrogen-bond acceptors (Lipinski definition) is 2. The van der Waals surface area contributed by atoms with Crippen LogP contribution in [0.25, 0.3) is 0 Å². The highest BCUT2D eigenvalue weighted by molar-refractivity contribution is 5.60. The van der Waals surface area contributed by atoms with Crippen molar-refractivity contribution in [3.05, 3.63) is 64.5 Å². The highest BCUT2D eigenvalue weighted by Gasteiger charge is 2.05. The first-order valence-corrected chi connectivity index (χ1v) is 6.10. The van der Waals surface area contributed by atoms with Gasteiger partial charge in [0.1, 0.15) is 11.9 Å². The van der Waals surface area contributed by atoms with Gasteiger partial charge in [0.15, 0.2) is 0 Å². The van der Waals surface area contributed by atoms with Crippen LogP contribution in [0.4, 0.5) is 10.1 Å². The average Bonchev–Trinajstić information content (AvgIpc) is 2.40. The van der Waals surface area contributed by atoms with Crippen molar-refractivity contribution >= 4 is 5.69 Å². The third kappa shape index (κ3) is 2.92. The minimum Gasteiger partial charge on any atom is -0.380 e. The quantitative estimate of drug-likeness (QED) is 0.900. The Kier molecular flexibility index (Phi) is 3.82. The van der Waals surface area contributed by atoms with Crippen molar-refractivity contribution in [3.8, 4) is 6.07 Å². The van der Waals surface area contributed by atoms with Gasteiger partial charge in [-0.15, -0.1) is 0 Å². The molecule has 1 N–H and O–H groups in total. The summed E-state index contributed by atoms with van der Waals surface area (Å²) in [6.07, 6.45) is 0. The molecule has 0 saturated heterocycles. The first-order valence-electron chi connectivity index (χ1n) is 6.10. The van der Waals surface area contributed by atoms with Gasteiger partial charge in [-0.2, -0.15) is 5.26 Å². The van der Waals surface area contributed by atoms with E-state index in [2.05, 4.69) is 11.4 Å². The van der Waals surface area contributed by atoms with Crippen LogP contribution in [0.2, 0.25) is 0 Å². The van der Waals surface area contributed by atoms with Gasteiger partial charge in [-0.05, 0) is 42.7 Å². The third-order valence-electron chi connectivity index (χ3n) is 3.10. The van der Waals surface area contributed by atoms with Gasteiger partial charge in [0.25, 0.3) is 0 Å². The number of rotatable bonds is 3. The number of nitriles is 1. The van der Waals surface area contributed by atoms with Gasteiger partial charge in [0.2, 0.25) is 0 Å². The summed E-state index contributed by atoms with van der Waals surface area (Å²) in [5, 5.41) is 12.3. The Morgan fingerprint density at radius 3 is 2.63 bits per heavy atom. The van der Waals surface area contributed by atoms with Gasteiger partial charge in [-0.1, -0.05) is 24.3 Å². The smallest absolute Gasteiger partial charge is 0.126 e. The predicted molar refractivity (Wildman–Crippen MR) is 74.4 cm³/mol. The van der Waals surface area contributed by atoms with E-state index in [0.29, 0.717) is 17.7 Å². The van der Waals surface area contributed by atoms with Crippen molar-refractivity contribution in [3.63, 3.8) is 0 Å². The summed E-state index contributed by atoms with van der Waals surface area (Å²) < 4.78 is 13.4. The molecule has 0 amide bonds. The Morgan fingerprint density at radius 2 is 1.95 bits per heavy atom. The lowest BCUT2D eigenvalue weighted by Gasteiger charge is -2.10. The number of halogens is 1. The van der Waals surface area contributed by atoms with Gasteiger partial charge in [-0.25, -0.2) is 4.39 Å². The molecular formula is C16H15FN2. The minimum absolute atomic E-state index is 0.205. The first kappa shape index (κ1) is 13.1. The number of benzene rings is 2. The zero-order valence-corrected chi connectivity index (χ0v) is 11.0. The van der Waals surface area contributed by atoms with Crippen molar-refractivity contribution in [1.82, 2.24) is 0 Å². The molecule has 0 saturated carbocycles. The van der Waals surface area contributed by atoms with Crippen molar-refractivity contribution in [1.29, 1.82) is 5.26 Å². The van der Waals surface area contributed by atoms with Crippen LogP contribution in [0, 0.1) is 31.0 Å². The van der Waals surface area contributed by atoms with Gasteiger partial charge in [-0.3, -0.25) is 0 Å². The second-order valence-electron chi connectivity index (χ2n) is 4.55. The fraction of sp³-hybridized carbons (Fsp3) is 0.188. The minimum atomic E-state index is -0.205. The molecule has 2 rings (SSSR count). The van der Waals surface area contributed by atoms with Crippen molar-refractivity contribution in [2.24, 2.45) is 0 Å². The van der Waals surface area contributed by atoms with Gasteiger partial charge >= 0.3 is 0 Å². The number of aryl methyl sites for hydroxylation is 2. The van der Waals surface area contributed by atoms with E-state index < -0.39 is 0 Å². The molecule has 0 spiro atoms. The van der Waals surface area contributed by atoms with E-state index >= 15 is 0 Å². The van der Waals surface area contributed by atoms with E-state index in [1.807, 2.05) is 31.2 Å². The topological polar surface area (TPSA) is 35.8 Å². The van der Waals surface area contributed by atoms with Crippen molar-refractivity contribution < 1.29 is 4.39 Å². The molecule has 0 atom stereocenters. The highest BCUT2D eigenvalue weighted by Crippen LogP contribution is 2.19. The molecule has 2 aromatic carbocycles. The van der Waals surface area contributed by atoms with Gasteiger partial charge in [0.05, 0.1) is 11.3 Å². The second-order valence-corrected chi connectivity index (χ2v) is 4.55. The molecular weight excluding hydrogens is 239 g/mol. The molecule has 0 aliphatic heterocycles. The SMILES string of the molecule is Cc1ccc(CNc2cccc(C)c2C#N)cc1F. The molecule has 2 aromatic rings. The molecule has 0 bridgehead atoms. The molecule has 19 heavy (non-hydrogen) atoms. The van der Waals surface area contributed by atoms with Crippen molar-refractivity contribution in [2.45, 2.75) is 20.4 Å². The van der Waals surface area contributed by atoms with Gasteiger partial charge in [0, 0.05) is 6.54 Å². The maximum Gasteiger partial charge on any atom is 0.126 e. The lowest BCUT2D eigenvalue weighted by molar-refractivity contribution is 0.616. The molecule has 2 nitrogen and oxygen atoms in total. The predicted octanol–water partition coefficient (Wildman–Crippen LogP) is 3.93. The van der Waals surface area contributed by atoms with Crippen LogP contribution in [0.15, 0.2) is 36.4 Å². The molecule has 0 unspecified atom stereocenters. The van der Waals surface area contributed by atoms with E-state index in [4.69, 9.17) is 5.26 Å². The van der Waals surface area contributed by atoms with E-state index in [0.717, 1.165) is 16.8 Å². The average molecular weight is 254 g/mol. The molecule has 0 aromatic heterocycles. The van der Waals surface area contributed by atoms with Crippen LogP contribution >= 0.6 is 0 Å². The Bertz CT molecular complexity index is 642. The molecule has 3 heteroatoms. The molecule has 0 heterocycles. The standard InChI is InChI=1S/C16H15FN2/c1-11-4-3-5-16(14(11)9-18)19-10-13-7-6-12(2)15(17)8-13/h3-8,19H,10H2,1-2H3. The maximum atomic E-state index is 13.4. The van der Waals surface area contributed by atoms with Crippen LogP contribution in [-0.2, 0) is 6.54 Å². The van der Waals surface area contributed by atoms with Crippen LogP contribution in [0.1, 0.15) is 22.3 Å². The number of nitrogens with zero attached hydrogens (tertiary/aromatic N) is 1. The monoisotopic (exact) mass is 254 g/mol. The number of hydrogen-bond donors (Lipinski definition) is 1. The normalized spacial score (nSPS) is 10.0. The van der Waals surface area contributed by atoms with Crippen LogP contribution < -0.4 is 5.32 Å². The fourth-order valence-corrected chi connectivity index (χ4v) is 1.91. The Hall–Kier alpha value is -2.34. The molecule has 0 fully saturated rings. The van der Waals surface area contributed by atoms with E-state index in [1.54, 1.807) is 13.0 Å². The van der Waals surface area contributed by atoms with Crippen LogP contribution in [-0.4, -0.2) is 0 Å². The van der Waals surface area contributed by atoms with Crippen LogP contribution in [0.3, 0.4) is 0 Å². The maximum absolute atomic E-state index is 13.4. The largest absolute Gasteiger partial charge is 0.380 e. The van der Waals surface area contributed by atoms with Crippen LogP contribution in [0.5, 0.6) is 0 Å². The Morgan fingerprint density at radius 1 is 1.16 bits per heavy atom. The molecule has 96 valence electrons. The second kappa shape index (κ2) is 5.53. The number of anilines is 1. The summed E-state index contributed by atoms with van der Waals surface area (Å²) in [5.74, 6) is -0.205. The molecule has 0 aliphatic carbocycles. The van der Waals surface area contributed by atoms with E-state index in [9.17, 15) is 4.39 Å². The molecule has 0 aliphatic rings. The van der Waals surface area contributed by atoms with Gasteiger partial charge < -0.3 is 5.32 Å². The van der Waals surface area contributed by atoms with E-state index in [1.165, 1.54) is 6.07 Å². The zero-order chi connectivity index (χ0) is 13.8. The van der Waals surface area contributed by atoms with E-state index in [-0.39, 0.29) is 5.82 Å². The van der Waals surface area contributed by atoms with Crippen molar-refractivity contribution in [2.75, 3.05) is 5.32 Å². The summed E-state index contributed by atoms with van der Waals surface area (Å²) in [7, 11) is 0. The summed E-state index contributed by atoms with van der Waals surface area (Å²) >= 11 is 0. The lowest BCUT2D eigenvalue weighted by atomic mass is 10.1. The lowest BCUT2D eigenvalue weighted by Crippen LogP contribution is -2.02. The molecule has 0 radical (unpaired) electrons. The Balaban J connectivity index is 2.17. The highest BCUT2D eigenvalue weighted by atomic mass is 19.1. The number of nitrogens with one attached hydrogen (secondary N) is 1. The summed E-state index contributed by atoms with van der Waals surface area (Å²) in [6, 6.07) is 13.0.